The van der Waals surface area contributed by atoms with Crippen LogP contribution in [0.1, 0.15) is 6.42 Å². The van der Waals surface area contributed by atoms with Gasteiger partial charge in [0.15, 0.2) is 10.3 Å². The van der Waals surface area contributed by atoms with Gasteiger partial charge in [0.05, 0.1) is 18.9 Å². The molecule has 16 heavy (non-hydrogen) atoms. The molecular weight excluding hydrogens is 253 g/mol. The molecule has 0 aromatic carbocycles. The average Bonchev–Trinajstić information content (AvgIpc) is 2.28. The second-order valence-corrected chi connectivity index (χ2v) is 3.73. The Kier molecular flexibility index (Phi) is 6.40. The fourth-order valence-corrected chi connectivity index (χ4v) is 1.35. The lowest BCUT2D eigenvalue weighted by Crippen LogP contribution is -2.08. The van der Waals surface area contributed by atoms with Crippen molar-refractivity contribution < 1.29 is 9.84 Å². The SMILES string of the molecule is OCCOCCCNc1cc(Cl)nnc1Cl. The fourth-order valence-electron chi connectivity index (χ4n) is 1.04. The van der Waals surface area contributed by atoms with Crippen molar-refractivity contribution in [3.8, 4) is 0 Å². The molecule has 0 aliphatic heterocycles. The van der Waals surface area contributed by atoms with Gasteiger partial charge in [-0.15, -0.1) is 10.2 Å². The zero-order valence-electron chi connectivity index (χ0n) is 8.62. The van der Waals surface area contributed by atoms with E-state index in [2.05, 4.69) is 15.5 Å². The summed E-state index contributed by atoms with van der Waals surface area (Å²) in [4.78, 5) is 0. The van der Waals surface area contributed by atoms with Gasteiger partial charge in [0.2, 0.25) is 0 Å². The molecule has 0 saturated carbocycles. The number of halogens is 2. The first-order valence-corrected chi connectivity index (χ1v) is 5.61. The van der Waals surface area contributed by atoms with Crippen LogP contribution in [-0.4, -0.2) is 41.7 Å². The van der Waals surface area contributed by atoms with E-state index in [4.69, 9.17) is 33.0 Å². The van der Waals surface area contributed by atoms with E-state index in [9.17, 15) is 0 Å². The van der Waals surface area contributed by atoms with Crippen LogP contribution < -0.4 is 5.32 Å². The number of aliphatic hydroxyl groups excluding tert-OH is 1. The molecule has 2 N–H and O–H groups in total. The average molecular weight is 266 g/mol. The van der Waals surface area contributed by atoms with Crippen LogP contribution in [0.2, 0.25) is 10.3 Å². The van der Waals surface area contributed by atoms with E-state index >= 15 is 0 Å². The molecule has 0 amide bonds. The summed E-state index contributed by atoms with van der Waals surface area (Å²) in [6, 6.07) is 1.62. The molecule has 1 aromatic rings. The van der Waals surface area contributed by atoms with Gasteiger partial charge in [0.25, 0.3) is 0 Å². The molecule has 0 spiro atoms. The molecule has 1 aromatic heterocycles. The monoisotopic (exact) mass is 265 g/mol. The summed E-state index contributed by atoms with van der Waals surface area (Å²) in [5, 5.41) is 19.4. The van der Waals surface area contributed by atoms with Crippen LogP contribution in [0, 0.1) is 0 Å². The Hall–Kier alpha value is -0.620. The second kappa shape index (κ2) is 7.62. The molecule has 0 radical (unpaired) electrons. The van der Waals surface area contributed by atoms with Gasteiger partial charge in [0, 0.05) is 19.2 Å². The van der Waals surface area contributed by atoms with Gasteiger partial charge in [-0.3, -0.25) is 0 Å². The first-order valence-electron chi connectivity index (χ1n) is 4.85. The van der Waals surface area contributed by atoms with Crippen molar-refractivity contribution in [3.63, 3.8) is 0 Å². The minimum absolute atomic E-state index is 0.0448. The van der Waals surface area contributed by atoms with E-state index in [1.54, 1.807) is 6.07 Å². The number of nitrogens with one attached hydrogen (secondary N) is 1. The van der Waals surface area contributed by atoms with Crippen molar-refractivity contribution in [2.45, 2.75) is 6.42 Å². The summed E-state index contributed by atoms with van der Waals surface area (Å²) in [5.74, 6) is 0. The van der Waals surface area contributed by atoms with E-state index in [0.717, 1.165) is 6.42 Å². The lowest BCUT2D eigenvalue weighted by atomic mass is 10.4. The minimum Gasteiger partial charge on any atom is -0.394 e. The maximum absolute atomic E-state index is 8.48. The Morgan fingerprint density at radius 3 is 2.88 bits per heavy atom. The van der Waals surface area contributed by atoms with Crippen molar-refractivity contribution in [3.05, 3.63) is 16.4 Å². The van der Waals surface area contributed by atoms with Gasteiger partial charge >= 0.3 is 0 Å². The van der Waals surface area contributed by atoms with Crippen molar-refractivity contribution in [1.82, 2.24) is 10.2 Å². The maximum Gasteiger partial charge on any atom is 0.174 e. The minimum atomic E-state index is 0.0448. The van der Waals surface area contributed by atoms with Crippen molar-refractivity contribution in [2.75, 3.05) is 31.7 Å². The molecule has 1 rings (SSSR count). The van der Waals surface area contributed by atoms with E-state index in [1.165, 1.54) is 0 Å². The molecule has 90 valence electrons. The Balaban J connectivity index is 2.23. The lowest BCUT2D eigenvalue weighted by Gasteiger charge is -2.07. The normalized spacial score (nSPS) is 10.4. The molecule has 0 saturated heterocycles. The maximum atomic E-state index is 8.48. The third-order valence-corrected chi connectivity index (χ3v) is 2.20. The van der Waals surface area contributed by atoms with Crippen LogP contribution in [0.5, 0.6) is 0 Å². The van der Waals surface area contributed by atoms with E-state index < -0.39 is 0 Å². The van der Waals surface area contributed by atoms with E-state index in [1.807, 2.05) is 0 Å². The molecule has 0 aliphatic rings. The molecule has 0 atom stereocenters. The largest absolute Gasteiger partial charge is 0.394 e. The number of nitrogens with zero attached hydrogens (tertiary/aromatic N) is 2. The first kappa shape index (κ1) is 13.4. The van der Waals surface area contributed by atoms with Crippen molar-refractivity contribution >= 4 is 28.9 Å². The summed E-state index contributed by atoms with van der Waals surface area (Å²) < 4.78 is 5.10. The zero-order valence-corrected chi connectivity index (χ0v) is 10.1. The van der Waals surface area contributed by atoms with Gasteiger partial charge in [-0.2, -0.15) is 0 Å². The van der Waals surface area contributed by atoms with Crippen molar-refractivity contribution in [2.24, 2.45) is 0 Å². The van der Waals surface area contributed by atoms with Gasteiger partial charge in [-0.25, -0.2) is 0 Å². The van der Waals surface area contributed by atoms with Crippen LogP contribution in [-0.2, 0) is 4.74 Å². The molecule has 0 aliphatic carbocycles. The van der Waals surface area contributed by atoms with Crippen molar-refractivity contribution in [1.29, 1.82) is 0 Å². The predicted octanol–water partition coefficient (Wildman–Crippen LogP) is 1.59. The van der Waals surface area contributed by atoms with Crippen LogP contribution in [0.15, 0.2) is 6.07 Å². The Labute approximate surface area is 104 Å². The molecule has 0 bridgehead atoms. The van der Waals surface area contributed by atoms with Gasteiger partial charge in [-0.1, -0.05) is 23.2 Å². The number of aromatic nitrogens is 2. The Morgan fingerprint density at radius 2 is 2.12 bits per heavy atom. The smallest absolute Gasteiger partial charge is 0.174 e. The number of ether oxygens (including phenoxy) is 1. The third kappa shape index (κ3) is 4.94. The standard InChI is InChI=1S/C9H13Cl2N3O2/c10-8-6-7(9(11)14-13-8)12-2-1-4-16-5-3-15/h6,15H,1-5H2,(H,12,13). The first-order chi connectivity index (χ1) is 7.74. The molecule has 0 unspecified atom stereocenters. The quantitative estimate of drug-likeness (QED) is 0.733. The van der Waals surface area contributed by atoms with Gasteiger partial charge < -0.3 is 15.2 Å². The predicted molar refractivity (Wildman–Crippen MR) is 63.1 cm³/mol. The second-order valence-electron chi connectivity index (χ2n) is 2.99. The van der Waals surface area contributed by atoms with Crippen LogP contribution in [0.4, 0.5) is 5.69 Å². The highest BCUT2D eigenvalue weighted by Crippen LogP contribution is 2.20. The van der Waals surface area contributed by atoms with Crippen LogP contribution in [0.3, 0.4) is 0 Å². The summed E-state index contributed by atoms with van der Waals surface area (Å²) in [5.41, 5.74) is 0.656. The molecule has 0 fully saturated rings. The number of hydrogen-bond acceptors (Lipinski definition) is 5. The van der Waals surface area contributed by atoms with Crippen LogP contribution >= 0.6 is 23.2 Å². The highest BCUT2D eigenvalue weighted by molar-refractivity contribution is 6.33. The number of aliphatic hydroxyl groups is 1. The Bertz CT molecular complexity index is 326. The van der Waals surface area contributed by atoms with E-state index in [0.29, 0.717) is 35.8 Å². The topological polar surface area (TPSA) is 67.3 Å². The van der Waals surface area contributed by atoms with Gasteiger partial charge in [0.1, 0.15) is 0 Å². The highest BCUT2D eigenvalue weighted by atomic mass is 35.5. The Morgan fingerprint density at radius 1 is 1.31 bits per heavy atom. The highest BCUT2D eigenvalue weighted by Gasteiger charge is 2.02. The molecular formula is C9H13Cl2N3O2. The summed E-state index contributed by atoms with van der Waals surface area (Å²) in [6.45, 7) is 1.68. The summed E-state index contributed by atoms with van der Waals surface area (Å²) in [7, 11) is 0. The van der Waals surface area contributed by atoms with Gasteiger partial charge in [-0.05, 0) is 6.42 Å². The molecule has 5 nitrogen and oxygen atoms in total. The number of anilines is 1. The van der Waals surface area contributed by atoms with Crippen LogP contribution in [0.25, 0.3) is 0 Å². The number of rotatable bonds is 7. The lowest BCUT2D eigenvalue weighted by molar-refractivity contribution is 0.0922. The fraction of sp³-hybridized carbons (Fsp3) is 0.556. The molecule has 1 heterocycles. The zero-order chi connectivity index (χ0) is 11.8. The van der Waals surface area contributed by atoms with E-state index in [-0.39, 0.29) is 6.61 Å². The summed E-state index contributed by atoms with van der Waals surface area (Å²) in [6.07, 6.45) is 0.802. The third-order valence-electron chi connectivity index (χ3n) is 1.74. The number of hydrogen-bond donors (Lipinski definition) is 2. The summed E-state index contributed by atoms with van der Waals surface area (Å²) >= 11 is 11.5. The molecule has 7 heteroatoms.